The van der Waals surface area contributed by atoms with E-state index < -0.39 is 0 Å². The van der Waals surface area contributed by atoms with Crippen LogP contribution in [0.3, 0.4) is 0 Å². The lowest BCUT2D eigenvalue weighted by Crippen LogP contribution is -2.04. The Labute approximate surface area is 108 Å². The maximum Gasteiger partial charge on any atom is 0.157 e. The number of hydrogen-bond donors (Lipinski definition) is 2. The van der Waals surface area contributed by atoms with E-state index in [-0.39, 0.29) is 12.4 Å². The number of aliphatic hydroxyl groups excluding tert-OH is 1. The smallest absolute Gasteiger partial charge is 0.157 e. The van der Waals surface area contributed by atoms with Crippen molar-refractivity contribution in [3.8, 4) is 11.3 Å². The summed E-state index contributed by atoms with van der Waals surface area (Å²) in [6.07, 6.45) is 1.51. The quantitative estimate of drug-likeness (QED) is 0.732. The topological polar surface area (TPSA) is 76.4 Å². The van der Waals surface area contributed by atoms with Crippen LogP contribution in [-0.2, 0) is 6.61 Å². The van der Waals surface area contributed by atoms with Gasteiger partial charge in [0, 0.05) is 23.4 Å². The predicted molar refractivity (Wildman–Crippen MR) is 68.7 cm³/mol. The molecule has 0 fully saturated rings. The van der Waals surface area contributed by atoms with Crippen molar-refractivity contribution in [3.63, 3.8) is 0 Å². The molecule has 0 aliphatic carbocycles. The summed E-state index contributed by atoms with van der Waals surface area (Å²) in [5, 5.41) is 13.4. The fraction of sp³-hybridized carbons (Fsp3) is 0.0769. The van der Waals surface area contributed by atoms with E-state index in [1.54, 1.807) is 18.2 Å². The van der Waals surface area contributed by atoms with Crippen LogP contribution in [0.25, 0.3) is 16.9 Å². The molecule has 0 amide bonds. The molecule has 0 aliphatic heterocycles. The first-order valence-corrected chi connectivity index (χ1v) is 5.69. The third-order valence-corrected chi connectivity index (χ3v) is 2.91. The van der Waals surface area contributed by atoms with Gasteiger partial charge in [0.1, 0.15) is 11.6 Å². The third-order valence-electron chi connectivity index (χ3n) is 2.91. The van der Waals surface area contributed by atoms with E-state index in [4.69, 9.17) is 10.8 Å². The first kappa shape index (κ1) is 11.6. The van der Waals surface area contributed by atoms with E-state index in [0.29, 0.717) is 22.7 Å². The molecule has 1 aromatic carbocycles. The zero-order chi connectivity index (χ0) is 13.4. The highest BCUT2D eigenvalue weighted by Crippen LogP contribution is 2.21. The van der Waals surface area contributed by atoms with Crippen LogP contribution < -0.4 is 5.73 Å². The summed E-state index contributed by atoms with van der Waals surface area (Å²) in [5.74, 6) is 0.0496. The largest absolute Gasteiger partial charge is 0.391 e. The highest BCUT2D eigenvalue weighted by atomic mass is 19.1. The molecule has 19 heavy (non-hydrogen) atoms. The zero-order valence-corrected chi connectivity index (χ0v) is 9.92. The first-order chi connectivity index (χ1) is 9.19. The molecule has 5 nitrogen and oxygen atoms in total. The summed E-state index contributed by atoms with van der Waals surface area (Å²) in [7, 11) is 0. The number of benzene rings is 1. The summed E-state index contributed by atoms with van der Waals surface area (Å²) < 4.78 is 14.3. The van der Waals surface area contributed by atoms with Gasteiger partial charge in [0.25, 0.3) is 0 Å². The lowest BCUT2D eigenvalue weighted by molar-refractivity contribution is 0.281. The minimum atomic E-state index is -0.298. The number of aliphatic hydroxyl groups is 1. The summed E-state index contributed by atoms with van der Waals surface area (Å²) in [6.45, 7) is -0.194. The van der Waals surface area contributed by atoms with Gasteiger partial charge in [0.05, 0.1) is 12.3 Å². The highest BCUT2D eigenvalue weighted by molar-refractivity contribution is 5.65. The number of fused-ring (bicyclic) bond motifs is 1. The van der Waals surface area contributed by atoms with Crippen LogP contribution in [-0.4, -0.2) is 19.7 Å². The molecule has 0 bridgehead atoms. The Morgan fingerprint density at radius 1 is 1.26 bits per heavy atom. The van der Waals surface area contributed by atoms with Gasteiger partial charge in [0.2, 0.25) is 0 Å². The molecule has 0 spiro atoms. The van der Waals surface area contributed by atoms with Crippen molar-refractivity contribution < 1.29 is 9.50 Å². The maximum absolute atomic E-state index is 12.9. The summed E-state index contributed by atoms with van der Waals surface area (Å²) >= 11 is 0. The van der Waals surface area contributed by atoms with Crippen LogP contribution in [0, 0.1) is 5.82 Å². The minimum absolute atomic E-state index is 0.194. The van der Waals surface area contributed by atoms with E-state index in [1.165, 1.54) is 22.8 Å². The Morgan fingerprint density at radius 3 is 2.68 bits per heavy atom. The van der Waals surface area contributed by atoms with Gasteiger partial charge in [-0.3, -0.25) is 0 Å². The van der Waals surface area contributed by atoms with Crippen molar-refractivity contribution in [2.45, 2.75) is 6.61 Å². The Morgan fingerprint density at radius 2 is 2.00 bits per heavy atom. The molecule has 0 atom stereocenters. The van der Waals surface area contributed by atoms with Gasteiger partial charge >= 0.3 is 0 Å². The van der Waals surface area contributed by atoms with Crippen LogP contribution in [0.15, 0.2) is 36.5 Å². The third kappa shape index (κ3) is 1.92. The number of halogens is 1. The molecule has 2 aromatic heterocycles. The van der Waals surface area contributed by atoms with Gasteiger partial charge in [-0.05, 0) is 24.3 Å². The van der Waals surface area contributed by atoms with E-state index >= 15 is 0 Å². The SMILES string of the molecule is Nc1c(CO)cnc2cc(-c3ccc(F)cc3)nn12. The molecule has 3 N–H and O–H groups in total. The first-order valence-electron chi connectivity index (χ1n) is 5.69. The summed E-state index contributed by atoms with van der Waals surface area (Å²) in [5.41, 5.74) is 8.40. The molecular formula is C13H11FN4O. The average molecular weight is 258 g/mol. The molecule has 0 unspecified atom stereocenters. The van der Waals surface area contributed by atoms with Crippen molar-refractivity contribution >= 4 is 11.5 Å². The molecular weight excluding hydrogens is 247 g/mol. The monoisotopic (exact) mass is 258 g/mol. The van der Waals surface area contributed by atoms with Crippen LogP contribution in [0.4, 0.5) is 10.2 Å². The number of nitrogens with zero attached hydrogens (tertiary/aromatic N) is 3. The molecule has 0 saturated carbocycles. The van der Waals surface area contributed by atoms with Crippen molar-refractivity contribution in [1.29, 1.82) is 0 Å². The van der Waals surface area contributed by atoms with E-state index in [1.807, 2.05) is 0 Å². The fourth-order valence-electron chi connectivity index (χ4n) is 1.87. The normalized spacial score (nSPS) is 11.1. The number of anilines is 1. The van der Waals surface area contributed by atoms with Crippen molar-refractivity contribution in [1.82, 2.24) is 14.6 Å². The highest BCUT2D eigenvalue weighted by Gasteiger charge is 2.10. The Balaban J connectivity index is 2.16. The molecule has 0 saturated heterocycles. The minimum Gasteiger partial charge on any atom is -0.391 e. The van der Waals surface area contributed by atoms with Crippen molar-refractivity contribution in [2.24, 2.45) is 0 Å². The second kappa shape index (κ2) is 4.33. The molecule has 3 aromatic rings. The predicted octanol–water partition coefficient (Wildman–Crippen LogP) is 1.61. The van der Waals surface area contributed by atoms with E-state index in [2.05, 4.69) is 10.1 Å². The van der Waals surface area contributed by atoms with Gasteiger partial charge in [-0.15, -0.1) is 0 Å². The zero-order valence-electron chi connectivity index (χ0n) is 9.92. The van der Waals surface area contributed by atoms with E-state index in [9.17, 15) is 4.39 Å². The second-order valence-electron chi connectivity index (χ2n) is 4.13. The van der Waals surface area contributed by atoms with Gasteiger partial charge in [-0.2, -0.15) is 9.61 Å². The van der Waals surface area contributed by atoms with Crippen LogP contribution in [0.2, 0.25) is 0 Å². The standard InChI is InChI=1S/C13H11FN4O/c14-10-3-1-8(2-4-10)11-5-12-16-6-9(7-19)13(15)18(12)17-11/h1-6,19H,7,15H2. The molecule has 3 rings (SSSR count). The summed E-state index contributed by atoms with van der Waals surface area (Å²) in [6, 6.07) is 7.77. The number of hydrogen-bond acceptors (Lipinski definition) is 4. The van der Waals surface area contributed by atoms with Gasteiger partial charge in [0.15, 0.2) is 5.65 Å². The van der Waals surface area contributed by atoms with Crippen LogP contribution in [0.5, 0.6) is 0 Å². The molecule has 2 heterocycles. The van der Waals surface area contributed by atoms with Crippen LogP contribution >= 0.6 is 0 Å². The number of nitrogen functional groups attached to an aromatic ring is 1. The van der Waals surface area contributed by atoms with Gasteiger partial charge < -0.3 is 10.8 Å². The Hall–Kier alpha value is -2.47. The number of nitrogens with two attached hydrogens (primary N) is 1. The lowest BCUT2D eigenvalue weighted by atomic mass is 10.1. The summed E-state index contributed by atoms with van der Waals surface area (Å²) in [4.78, 5) is 4.16. The average Bonchev–Trinajstić information content (AvgIpc) is 2.85. The van der Waals surface area contributed by atoms with E-state index in [0.717, 1.165) is 5.56 Å². The maximum atomic E-state index is 12.9. The second-order valence-corrected chi connectivity index (χ2v) is 4.13. The Kier molecular flexibility index (Phi) is 2.64. The number of aromatic nitrogens is 3. The van der Waals surface area contributed by atoms with Crippen molar-refractivity contribution in [2.75, 3.05) is 5.73 Å². The van der Waals surface area contributed by atoms with Crippen molar-refractivity contribution in [3.05, 3.63) is 47.9 Å². The molecule has 0 aliphatic rings. The lowest BCUT2D eigenvalue weighted by Gasteiger charge is -2.02. The molecule has 96 valence electrons. The molecule has 0 radical (unpaired) electrons. The Bertz CT molecular complexity index is 736. The molecule has 6 heteroatoms. The fourth-order valence-corrected chi connectivity index (χ4v) is 1.87. The van der Waals surface area contributed by atoms with Gasteiger partial charge in [-0.1, -0.05) is 0 Å². The van der Waals surface area contributed by atoms with Gasteiger partial charge in [-0.25, -0.2) is 9.37 Å². The number of rotatable bonds is 2. The van der Waals surface area contributed by atoms with Crippen LogP contribution in [0.1, 0.15) is 5.56 Å².